The number of carbonyl (C=O) groups is 2. The van der Waals surface area contributed by atoms with E-state index in [1.807, 2.05) is 51.1 Å². The van der Waals surface area contributed by atoms with Crippen molar-refractivity contribution in [2.75, 3.05) is 24.0 Å². The Morgan fingerprint density at radius 1 is 0.925 bits per heavy atom. The number of nitrogens with one attached hydrogen (secondary N) is 1. The predicted octanol–water partition coefficient (Wildman–Crippen LogP) is 5.38. The number of amides is 2. The van der Waals surface area contributed by atoms with Crippen molar-refractivity contribution >= 4 is 43.5 Å². The molecule has 0 spiro atoms. The molecule has 8 nitrogen and oxygen atoms in total. The number of hydrogen-bond donors (Lipinski definition) is 1. The maximum atomic E-state index is 14.0. The number of hydrogen-bond acceptors (Lipinski definition) is 5. The number of sulfonamides is 1. The van der Waals surface area contributed by atoms with Gasteiger partial charge in [0.2, 0.25) is 11.8 Å². The lowest BCUT2D eigenvalue weighted by Crippen LogP contribution is -2.52. The molecule has 10 heteroatoms. The molecule has 0 saturated carbocycles. The van der Waals surface area contributed by atoms with Crippen LogP contribution in [-0.2, 0) is 26.2 Å². The summed E-state index contributed by atoms with van der Waals surface area (Å²) in [7, 11) is -4.14. The minimum atomic E-state index is -4.14. The van der Waals surface area contributed by atoms with E-state index in [9.17, 15) is 18.0 Å². The lowest BCUT2D eigenvalue weighted by atomic mass is 10.1. The van der Waals surface area contributed by atoms with Crippen molar-refractivity contribution in [3.63, 3.8) is 0 Å². The minimum Gasteiger partial charge on any atom is -0.494 e. The second-order valence-electron chi connectivity index (χ2n) is 9.11. The molecule has 40 heavy (non-hydrogen) atoms. The lowest BCUT2D eigenvalue weighted by molar-refractivity contribution is -0.140. The van der Waals surface area contributed by atoms with Crippen molar-refractivity contribution in [3.8, 4) is 5.75 Å². The maximum absolute atomic E-state index is 14.0. The monoisotopic (exact) mass is 629 g/mol. The first-order valence-electron chi connectivity index (χ1n) is 13.3. The Hall–Kier alpha value is -3.37. The van der Waals surface area contributed by atoms with E-state index < -0.39 is 28.5 Å². The Morgan fingerprint density at radius 2 is 1.57 bits per heavy atom. The first-order valence-corrected chi connectivity index (χ1v) is 15.6. The van der Waals surface area contributed by atoms with Crippen LogP contribution in [0.3, 0.4) is 0 Å². The van der Waals surface area contributed by atoms with Gasteiger partial charge in [0.15, 0.2) is 0 Å². The number of ether oxygens (including phenoxy) is 1. The van der Waals surface area contributed by atoms with Crippen molar-refractivity contribution in [1.82, 2.24) is 10.2 Å². The Balaban J connectivity index is 2.04. The summed E-state index contributed by atoms with van der Waals surface area (Å²) in [5, 5.41) is 2.89. The largest absolute Gasteiger partial charge is 0.494 e. The van der Waals surface area contributed by atoms with Gasteiger partial charge in [-0.1, -0.05) is 60.1 Å². The van der Waals surface area contributed by atoms with Crippen LogP contribution in [0, 0.1) is 0 Å². The molecule has 0 aliphatic carbocycles. The maximum Gasteiger partial charge on any atom is 0.264 e. The van der Waals surface area contributed by atoms with E-state index in [1.54, 1.807) is 36.4 Å². The van der Waals surface area contributed by atoms with Crippen LogP contribution in [0.4, 0.5) is 5.69 Å². The zero-order valence-electron chi connectivity index (χ0n) is 23.0. The normalized spacial score (nSPS) is 11.9. The average molecular weight is 631 g/mol. The first-order chi connectivity index (χ1) is 19.2. The molecular weight excluding hydrogens is 594 g/mol. The molecule has 0 fully saturated rings. The first kappa shape index (κ1) is 31.2. The minimum absolute atomic E-state index is 0.0414. The Kier molecular flexibility index (Phi) is 11.6. The van der Waals surface area contributed by atoms with Gasteiger partial charge in [0.05, 0.1) is 17.2 Å². The van der Waals surface area contributed by atoms with E-state index in [0.717, 1.165) is 20.8 Å². The zero-order valence-corrected chi connectivity index (χ0v) is 25.4. The molecule has 0 aliphatic heterocycles. The van der Waals surface area contributed by atoms with Crippen LogP contribution in [0.1, 0.15) is 39.2 Å². The Labute approximate surface area is 245 Å². The molecule has 1 unspecified atom stereocenters. The van der Waals surface area contributed by atoms with Crippen molar-refractivity contribution in [2.24, 2.45) is 0 Å². The highest BCUT2D eigenvalue weighted by molar-refractivity contribution is 9.10. The number of carbonyl (C=O) groups excluding carboxylic acids is 2. The van der Waals surface area contributed by atoms with Gasteiger partial charge in [0.25, 0.3) is 10.0 Å². The number of halogens is 1. The molecule has 3 aromatic rings. The summed E-state index contributed by atoms with van der Waals surface area (Å²) in [6, 6.07) is 21.4. The number of anilines is 1. The number of rotatable bonds is 14. The quantitative estimate of drug-likeness (QED) is 0.258. The molecule has 0 bridgehead atoms. The third-order valence-corrected chi connectivity index (χ3v) is 8.56. The van der Waals surface area contributed by atoms with Crippen LogP contribution in [0.5, 0.6) is 5.75 Å². The molecule has 0 aliphatic rings. The summed E-state index contributed by atoms with van der Waals surface area (Å²) in [5.74, 6) is -0.170. The highest BCUT2D eigenvalue weighted by Gasteiger charge is 2.33. The molecule has 2 amide bonds. The van der Waals surface area contributed by atoms with Crippen molar-refractivity contribution in [3.05, 3.63) is 88.9 Å². The molecular formula is C30H36BrN3O5S. The van der Waals surface area contributed by atoms with Gasteiger partial charge >= 0.3 is 0 Å². The fourth-order valence-corrected chi connectivity index (χ4v) is 5.88. The van der Waals surface area contributed by atoms with Crippen LogP contribution in [0.25, 0.3) is 0 Å². The van der Waals surface area contributed by atoms with Crippen molar-refractivity contribution in [1.29, 1.82) is 0 Å². The highest BCUT2D eigenvalue weighted by atomic mass is 79.9. The number of nitrogens with zero attached hydrogens (tertiary/aromatic N) is 2. The SMILES string of the molecule is CCCNC(=O)C(CC)N(Cc1ccccc1)C(=O)CN(c1ccc(OCC)cc1)S(=O)(=O)c1ccc(Br)cc1. The van der Waals surface area contributed by atoms with Gasteiger partial charge in [-0.15, -0.1) is 0 Å². The van der Waals surface area contributed by atoms with Gasteiger partial charge in [-0.3, -0.25) is 13.9 Å². The van der Waals surface area contributed by atoms with Crippen LogP contribution in [-0.4, -0.2) is 50.9 Å². The molecule has 3 aromatic carbocycles. The van der Waals surface area contributed by atoms with Gasteiger partial charge in [0, 0.05) is 17.6 Å². The van der Waals surface area contributed by atoms with Crippen LogP contribution in [0.2, 0.25) is 0 Å². The summed E-state index contributed by atoms with van der Waals surface area (Å²) in [6.45, 7) is 6.27. The van der Waals surface area contributed by atoms with E-state index in [4.69, 9.17) is 4.74 Å². The fourth-order valence-electron chi connectivity index (χ4n) is 4.20. The summed E-state index contributed by atoms with van der Waals surface area (Å²) in [5.41, 5.74) is 1.14. The van der Waals surface area contributed by atoms with E-state index in [2.05, 4.69) is 21.2 Å². The Morgan fingerprint density at radius 3 is 2.15 bits per heavy atom. The Bertz CT molecular complexity index is 1350. The molecule has 3 rings (SSSR count). The van der Waals surface area contributed by atoms with Crippen LogP contribution >= 0.6 is 15.9 Å². The van der Waals surface area contributed by atoms with Gasteiger partial charge in [-0.05, 0) is 73.9 Å². The van der Waals surface area contributed by atoms with Gasteiger partial charge < -0.3 is 15.0 Å². The molecule has 0 heterocycles. The molecule has 214 valence electrons. The van der Waals surface area contributed by atoms with E-state index in [1.165, 1.54) is 17.0 Å². The van der Waals surface area contributed by atoms with Crippen LogP contribution in [0.15, 0.2) is 88.2 Å². The zero-order chi connectivity index (χ0) is 29.1. The third kappa shape index (κ3) is 8.08. The average Bonchev–Trinajstić information content (AvgIpc) is 2.96. The molecule has 1 N–H and O–H groups in total. The van der Waals surface area contributed by atoms with Crippen molar-refractivity contribution < 1.29 is 22.7 Å². The van der Waals surface area contributed by atoms with Crippen molar-refractivity contribution in [2.45, 2.75) is 51.1 Å². The molecule has 1 atom stereocenters. The van der Waals surface area contributed by atoms with Gasteiger partial charge in [0.1, 0.15) is 18.3 Å². The van der Waals surface area contributed by atoms with E-state index in [0.29, 0.717) is 31.0 Å². The van der Waals surface area contributed by atoms with Crippen LogP contribution < -0.4 is 14.4 Å². The predicted molar refractivity (Wildman–Crippen MR) is 161 cm³/mol. The highest BCUT2D eigenvalue weighted by Crippen LogP contribution is 2.27. The molecule has 0 aromatic heterocycles. The second kappa shape index (κ2) is 14.9. The third-order valence-electron chi connectivity index (χ3n) is 6.25. The van der Waals surface area contributed by atoms with Gasteiger partial charge in [-0.25, -0.2) is 8.42 Å². The standard InChI is InChI=1S/C30H36BrN3O5S/c1-4-20-32-30(36)28(5-2)33(21-23-10-8-7-9-11-23)29(35)22-34(25-14-16-26(17-15-25)39-6-3)40(37,38)27-18-12-24(31)13-19-27/h7-19,28H,4-6,20-22H2,1-3H3,(H,32,36). The van der Waals surface area contributed by atoms with E-state index in [-0.39, 0.29) is 17.3 Å². The molecule has 0 radical (unpaired) electrons. The topological polar surface area (TPSA) is 96.0 Å². The summed E-state index contributed by atoms with van der Waals surface area (Å²) < 4.78 is 35.2. The number of benzene rings is 3. The molecule has 0 saturated heterocycles. The second-order valence-corrected chi connectivity index (χ2v) is 11.9. The summed E-state index contributed by atoms with van der Waals surface area (Å²) in [6.07, 6.45) is 1.13. The summed E-state index contributed by atoms with van der Waals surface area (Å²) in [4.78, 5) is 28.7. The summed E-state index contributed by atoms with van der Waals surface area (Å²) >= 11 is 3.34. The fraction of sp³-hybridized carbons (Fsp3) is 0.333. The van der Waals surface area contributed by atoms with E-state index >= 15 is 0 Å². The lowest BCUT2D eigenvalue weighted by Gasteiger charge is -2.33. The smallest absolute Gasteiger partial charge is 0.264 e. The van der Waals surface area contributed by atoms with Gasteiger partial charge in [-0.2, -0.15) is 0 Å².